The number of hydrogen-bond donors (Lipinski definition) is 1. The number of methoxy groups -OCH3 is 1. The number of hydrogen-bond acceptors (Lipinski definition) is 3. The third kappa shape index (κ3) is 3.83. The summed E-state index contributed by atoms with van der Waals surface area (Å²) in [6.45, 7) is 0.259. The van der Waals surface area contributed by atoms with Gasteiger partial charge in [0.1, 0.15) is 28.9 Å². The second kappa shape index (κ2) is 6.74. The number of thiocarbonyl (C=S) groups is 1. The number of rotatable bonds is 5. The molecule has 0 aliphatic rings. The van der Waals surface area contributed by atoms with Crippen LogP contribution in [-0.4, -0.2) is 12.1 Å². The van der Waals surface area contributed by atoms with Crippen molar-refractivity contribution in [1.29, 1.82) is 0 Å². The molecule has 2 aromatic carbocycles. The van der Waals surface area contributed by atoms with E-state index in [1.807, 2.05) is 6.07 Å². The first kappa shape index (κ1) is 15.5. The first-order chi connectivity index (χ1) is 10.0. The summed E-state index contributed by atoms with van der Waals surface area (Å²) in [7, 11) is 1.54. The van der Waals surface area contributed by atoms with Crippen molar-refractivity contribution in [3.05, 3.63) is 58.4 Å². The summed E-state index contributed by atoms with van der Waals surface area (Å²) in [4.78, 5) is 0.263. The first-order valence-electron chi connectivity index (χ1n) is 6.06. The molecule has 0 saturated heterocycles. The molecule has 0 atom stereocenters. The molecule has 0 aromatic heterocycles. The summed E-state index contributed by atoms with van der Waals surface area (Å²) in [5, 5.41) is 0.0600. The monoisotopic (exact) mass is 325 g/mol. The largest absolute Gasteiger partial charge is 0.496 e. The highest BCUT2D eigenvalue weighted by molar-refractivity contribution is 7.80. The molecule has 0 bridgehead atoms. The van der Waals surface area contributed by atoms with Gasteiger partial charge in [-0.3, -0.25) is 0 Å². The molecule has 0 spiro atoms. The molecule has 110 valence electrons. The second-order valence-electron chi connectivity index (χ2n) is 4.26. The van der Waals surface area contributed by atoms with Gasteiger partial charge in [-0.25, -0.2) is 4.39 Å². The maximum atomic E-state index is 13.3. The zero-order valence-electron chi connectivity index (χ0n) is 11.2. The van der Waals surface area contributed by atoms with E-state index in [-0.39, 0.29) is 16.6 Å². The van der Waals surface area contributed by atoms with Crippen LogP contribution in [0.2, 0.25) is 5.02 Å². The Hall–Kier alpha value is -1.85. The number of ether oxygens (including phenoxy) is 2. The fraction of sp³-hybridized carbons (Fsp3) is 0.133. The molecule has 0 unspecified atom stereocenters. The van der Waals surface area contributed by atoms with E-state index in [9.17, 15) is 4.39 Å². The molecular weight excluding hydrogens is 313 g/mol. The normalized spacial score (nSPS) is 10.2. The van der Waals surface area contributed by atoms with Gasteiger partial charge < -0.3 is 15.2 Å². The van der Waals surface area contributed by atoms with Crippen LogP contribution >= 0.6 is 23.8 Å². The van der Waals surface area contributed by atoms with Crippen molar-refractivity contribution in [3.8, 4) is 11.5 Å². The maximum absolute atomic E-state index is 13.3. The minimum Gasteiger partial charge on any atom is -0.496 e. The van der Waals surface area contributed by atoms with Crippen LogP contribution in [0.1, 0.15) is 11.1 Å². The van der Waals surface area contributed by atoms with Crippen LogP contribution in [0.5, 0.6) is 11.5 Å². The molecule has 2 N–H and O–H groups in total. The Bertz CT molecular complexity index is 679. The second-order valence-corrected chi connectivity index (χ2v) is 5.11. The van der Waals surface area contributed by atoms with Gasteiger partial charge in [-0.05, 0) is 29.8 Å². The van der Waals surface area contributed by atoms with Crippen LogP contribution in [0.4, 0.5) is 4.39 Å². The van der Waals surface area contributed by atoms with E-state index in [1.54, 1.807) is 18.2 Å². The summed E-state index contributed by atoms with van der Waals surface area (Å²) < 4.78 is 24.0. The van der Waals surface area contributed by atoms with Crippen LogP contribution in [0.15, 0.2) is 36.4 Å². The Labute approximate surface area is 132 Å². The molecule has 0 aliphatic heterocycles. The number of halogens is 2. The predicted octanol–water partition coefficient (Wildman–Crippen LogP) is 3.70. The van der Waals surface area contributed by atoms with Crippen LogP contribution < -0.4 is 15.2 Å². The Morgan fingerprint density at radius 3 is 2.67 bits per heavy atom. The van der Waals surface area contributed by atoms with E-state index in [0.29, 0.717) is 17.1 Å². The molecule has 0 radical (unpaired) electrons. The van der Waals surface area contributed by atoms with Crippen molar-refractivity contribution >= 4 is 28.8 Å². The average Bonchev–Trinajstić information content (AvgIpc) is 2.48. The number of benzene rings is 2. The lowest BCUT2D eigenvalue weighted by Gasteiger charge is -2.11. The first-order valence-corrected chi connectivity index (χ1v) is 6.84. The van der Waals surface area contributed by atoms with Gasteiger partial charge in [0.15, 0.2) is 0 Å². The quantitative estimate of drug-likeness (QED) is 0.851. The van der Waals surface area contributed by atoms with Crippen molar-refractivity contribution in [3.63, 3.8) is 0 Å². The minimum atomic E-state index is -0.518. The summed E-state index contributed by atoms with van der Waals surface area (Å²) >= 11 is 10.6. The zero-order chi connectivity index (χ0) is 15.4. The maximum Gasteiger partial charge on any atom is 0.145 e. The van der Waals surface area contributed by atoms with Gasteiger partial charge in [-0.15, -0.1) is 0 Å². The van der Waals surface area contributed by atoms with E-state index >= 15 is 0 Å². The molecule has 2 aromatic rings. The molecule has 0 aliphatic carbocycles. The van der Waals surface area contributed by atoms with E-state index in [0.717, 1.165) is 5.56 Å². The average molecular weight is 326 g/mol. The van der Waals surface area contributed by atoms with Gasteiger partial charge in [0.05, 0.1) is 17.7 Å². The summed E-state index contributed by atoms with van der Waals surface area (Å²) in [5.41, 5.74) is 7.11. The molecule has 0 heterocycles. The molecule has 0 fully saturated rings. The molecule has 0 saturated carbocycles. The fourth-order valence-electron chi connectivity index (χ4n) is 1.76. The standard InChI is InChI=1S/C15H13ClFNO2S/c1-19-14-6-9(2-4-11(14)15(18)21)8-20-10-3-5-12(16)13(17)7-10/h2-7H,8H2,1H3,(H2,18,21). The van der Waals surface area contributed by atoms with Crippen molar-refractivity contribution in [2.24, 2.45) is 5.73 Å². The van der Waals surface area contributed by atoms with Gasteiger partial charge in [0.25, 0.3) is 0 Å². The van der Waals surface area contributed by atoms with Crippen LogP contribution in [0, 0.1) is 5.82 Å². The van der Waals surface area contributed by atoms with Crippen molar-refractivity contribution < 1.29 is 13.9 Å². The van der Waals surface area contributed by atoms with E-state index in [2.05, 4.69) is 0 Å². The van der Waals surface area contributed by atoms with E-state index < -0.39 is 5.82 Å². The lowest BCUT2D eigenvalue weighted by atomic mass is 10.1. The molecule has 0 amide bonds. The van der Waals surface area contributed by atoms with Gasteiger partial charge >= 0.3 is 0 Å². The lowest BCUT2D eigenvalue weighted by Crippen LogP contribution is -2.11. The third-order valence-corrected chi connectivity index (χ3v) is 3.35. The van der Waals surface area contributed by atoms with Crippen molar-refractivity contribution in [2.75, 3.05) is 7.11 Å². The predicted molar refractivity (Wildman–Crippen MR) is 84.6 cm³/mol. The Kier molecular flexibility index (Phi) is 4.98. The van der Waals surface area contributed by atoms with Gasteiger partial charge in [0, 0.05) is 6.07 Å². The highest BCUT2D eigenvalue weighted by Gasteiger charge is 2.08. The molecular formula is C15H13ClFNO2S. The lowest BCUT2D eigenvalue weighted by molar-refractivity contribution is 0.303. The number of nitrogens with two attached hydrogens (primary N) is 1. The fourth-order valence-corrected chi connectivity index (χ4v) is 2.05. The van der Waals surface area contributed by atoms with Crippen LogP contribution in [-0.2, 0) is 6.61 Å². The smallest absolute Gasteiger partial charge is 0.145 e. The topological polar surface area (TPSA) is 44.5 Å². The summed E-state index contributed by atoms with van der Waals surface area (Å²) in [6.07, 6.45) is 0. The Morgan fingerprint density at radius 2 is 2.05 bits per heavy atom. The summed E-state index contributed by atoms with van der Waals surface area (Å²) in [6, 6.07) is 9.66. The SMILES string of the molecule is COc1cc(COc2ccc(Cl)c(F)c2)ccc1C(N)=S. The molecule has 3 nitrogen and oxygen atoms in total. The molecule has 2 rings (SSSR count). The van der Waals surface area contributed by atoms with Crippen molar-refractivity contribution in [2.45, 2.75) is 6.61 Å². The van der Waals surface area contributed by atoms with Gasteiger partial charge in [-0.2, -0.15) is 0 Å². The Morgan fingerprint density at radius 1 is 1.29 bits per heavy atom. The molecule has 6 heteroatoms. The van der Waals surface area contributed by atoms with Crippen LogP contribution in [0.25, 0.3) is 0 Å². The Balaban J connectivity index is 2.13. The zero-order valence-corrected chi connectivity index (χ0v) is 12.8. The van der Waals surface area contributed by atoms with E-state index in [1.165, 1.54) is 19.2 Å². The minimum absolute atomic E-state index is 0.0600. The summed E-state index contributed by atoms with van der Waals surface area (Å²) in [5.74, 6) is 0.454. The van der Waals surface area contributed by atoms with Crippen molar-refractivity contribution in [1.82, 2.24) is 0 Å². The third-order valence-electron chi connectivity index (χ3n) is 2.83. The highest BCUT2D eigenvalue weighted by atomic mass is 35.5. The highest BCUT2D eigenvalue weighted by Crippen LogP contribution is 2.23. The van der Waals surface area contributed by atoms with Crippen LogP contribution in [0.3, 0.4) is 0 Å². The van der Waals surface area contributed by atoms with E-state index in [4.69, 9.17) is 39.0 Å². The van der Waals surface area contributed by atoms with Gasteiger partial charge in [-0.1, -0.05) is 29.9 Å². The van der Waals surface area contributed by atoms with Gasteiger partial charge in [0.2, 0.25) is 0 Å². The molecule has 21 heavy (non-hydrogen) atoms.